The second kappa shape index (κ2) is 11.2. The van der Waals surface area contributed by atoms with Crippen LogP contribution in [0.5, 0.6) is 0 Å². The quantitative estimate of drug-likeness (QED) is 0.379. The van der Waals surface area contributed by atoms with E-state index < -0.39 is 0 Å². The summed E-state index contributed by atoms with van der Waals surface area (Å²) >= 11 is 0. The van der Waals surface area contributed by atoms with Crippen LogP contribution in [-0.2, 0) is 0 Å². The van der Waals surface area contributed by atoms with Gasteiger partial charge in [0.2, 0.25) is 0 Å². The fraction of sp³-hybridized carbons (Fsp3) is 0.875. The predicted octanol–water partition coefficient (Wildman–Crippen LogP) is 5.98. The maximum Gasteiger partial charge on any atom is -0.0351 e. The van der Waals surface area contributed by atoms with Gasteiger partial charge in [0.1, 0.15) is 0 Å². The van der Waals surface area contributed by atoms with Gasteiger partial charge in [0.25, 0.3) is 0 Å². The summed E-state index contributed by atoms with van der Waals surface area (Å²) in [6.07, 6.45) is 14.4. The van der Waals surface area contributed by atoms with Crippen molar-refractivity contribution in [3.8, 4) is 0 Å². The Bertz CT molecular complexity index is 148. The summed E-state index contributed by atoms with van der Waals surface area (Å²) in [5.41, 5.74) is 0. The maximum atomic E-state index is 3.86. The molecule has 0 aliphatic heterocycles. The van der Waals surface area contributed by atoms with Gasteiger partial charge in [-0.3, -0.25) is 0 Å². The monoisotopic (exact) mass is 224 g/mol. The SMILES string of the molecule is C=CCCC(CCC)C(CCC)CCCC. The molecule has 0 heterocycles. The summed E-state index contributed by atoms with van der Waals surface area (Å²) in [5.74, 6) is 1.93. The van der Waals surface area contributed by atoms with Gasteiger partial charge in [0.05, 0.1) is 0 Å². The first-order valence-corrected chi connectivity index (χ1v) is 7.40. The van der Waals surface area contributed by atoms with Crippen molar-refractivity contribution in [2.45, 2.75) is 78.6 Å². The molecule has 2 atom stereocenters. The van der Waals surface area contributed by atoms with E-state index in [4.69, 9.17) is 0 Å². The van der Waals surface area contributed by atoms with Crippen molar-refractivity contribution in [3.05, 3.63) is 12.7 Å². The van der Waals surface area contributed by atoms with E-state index in [0.29, 0.717) is 0 Å². The van der Waals surface area contributed by atoms with Crippen LogP contribution in [0.2, 0.25) is 0 Å². The van der Waals surface area contributed by atoms with Crippen LogP contribution < -0.4 is 0 Å². The number of unbranched alkanes of at least 4 members (excludes halogenated alkanes) is 1. The summed E-state index contributed by atoms with van der Waals surface area (Å²) in [4.78, 5) is 0. The summed E-state index contributed by atoms with van der Waals surface area (Å²) in [5, 5.41) is 0. The molecule has 0 saturated carbocycles. The Morgan fingerprint density at radius 1 is 0.812 bits per heavy atom. The van der Waals surface area contributed by atoms with Crippen LogP contribution in [-0.4, -0.2) is 0 Å². The largest absolute Gasteiger partial charge is 0.103 e. The molecule has 0 N–H and O–H groups in total. The molecule has 0 saturated heterocycles. The summed E-state index contributed by atoms with van der Waals surface area (Å²) in [6, 6.07) is 0. The lowest BCUT2D eigenvalue weighted by molar-refractivity contribution is 0.254. The second-order valence-corrected chi connectivity index (χ2v) is 5.11. The van der Waals surface area contributed by atoms with Crippen LogP contribution in [0.1, 0.15) is 78.6 Å². The summed E-state index contributed by atoms with van der Waals surface area (Å²) < 4.78 is 0. The summed E-state index contributed by atoms with van der Waals surface area (Å²) in [7, 11) is 0. The first-order valence-electron chi connectivity index (χ1n) is 7.40. The van der Waals surface area contributed by atoms with E-state index in [2.05, 4.69) is 33.4 Å². The Hall–Kier alpha value is -0.260. The van der Waals surface area contributed by atoms with Crippen molar-refractivity contribution in [1.82, 2.24) is 0 Å². The molecule has 0 nitrogen and oxygen atoms in total. The topological polar surface area (TPSA) is 0 Å². The molecule has 2 unspecified atom stereocenters. The van der Waals surface area contributed by atoms with Gasteiger partial charge in [-0.2, -0.15) is 0 Å². The minimum absolute atomic E-state index is 0.953. The van der Waals surface area contributed by atoms with E-state index in [0.717, 1.165) is 11.8 Å². The first kappa shape index (κ1) is 15.7. The molecule has 0 amide bonds. The van der Waals surface area contributed by atoms with E-state index in [-0.39, 0.29) is 0 Å². The Labute approximate surface area is 104 Å². The number of allylic oxidation sites excluding steroid dienone is 1. The molecule has 0 radical (unpaired) electrons. The second-order valence-electron chi connectivity index (χ2n) is 5.11. The van der Waals surface area contributed by atoms with Crippen molar-refractivity contribution >= 4 is 0 Å². The zero-order valence-electron chi connectivity index (χ0n) is 11.8. The third-order valence-electron chi connectivity index (χ3n) is 3.66. The molecule has 96 valence electrons. The number of hydrogen-bond acceptors (Lipinski definition) is 0. The molecule has 0 aromatic rings. The Morgan fingerprint density at radius 3 is 1.81 bits per heavy atom. The minimum atomic E-state index is 0.953. The first-order chi connectivity index (χ1) is 7.79. The van der Waals surface area contributed by atoms with Gasteiger partial charge in [0, 0.05) is 0 Å². The van der Waals surface area contributed by atoms with Crippen molar-refractivity contribution < 1.29 is 0 Å². The smallest absolute Gasteiger partial charge is 0.0351 e. The third kappa shape index (κ3) is 7.09. The van der Waals surface area contributed by atoms with Gasteiger partial charge in [-0.05, 0) is 24.7 Å². The van der Waals surface area contributed by atoms with Crippen molar-refractivity contribution in [3.63, 3.8) is 0 Å². The van der Waals surface area contributed by atoms with E-state index in [1.807, 2.05) is 0 Å². The predicted molar refractivity (Wildman–Crippen MR) is 75.8 cm³/mol. The molecular formula is C16H32. The van der Waals surface area contributed by atoms with Crippen LogP contribution in [0.15, 0.2) is 12.7 Å². The van der Waals surface area contributed by atoms with E-state index in [1.54, 1.807) is 0 Å². The highest BCUT2D eigenvalue weighted by molar-refractivity contribution is 4.75. The van der Waals surface area contributed by atoms with Gasteiger partial charge in [0.15, 0.2) is 0 Å². The van der Waals surface area contributed by atoms with Gasteiger partial charge in [-0.1, -0.05) is 71.8 Å². The van der Waals surface area contributed by atoms with Crippen molar-refractivity contribution in [2.24, 2.45) is 11.8 Å². The van der Waals surface area contributed by atoms with Crippen LogP contribution in [0.4, 0.5) is 0 Å². The van der Waals surface area contributed by atoms with E-state index >= 15 is 0 Å². The zero-order valence-corrected chi connectivity index (χ0v) is 11.8. The minimum Gasteiger partial charge on any atom is -0.103 e. The molecule has 0 aromatic carbocycles. The molecular weight excluding hydrogens is 192 g/mol. The molecule has 0 bridgehead atoms. The molecule has 0 fully saturated rings. The highest BCUT2D eigenvalue weighted by Gasteiger charge is 2.18. The average molecular weight is 224 g/mol. The van der Waals surface area contributed by atoms with E-state index in [9.17, 15) is 0 Å². The van der Waals surface area contributed by atoms with Crippen LogP contribution >= 0.6 is 0 Å². The van der Waals surface area contributed by atoms with Crippen LogP contribution in [0, 0.1) is 11.8 Å². The van der Waals surface area contributed by atoms with E-state index in [1.165, 1.54) is 57.8 Å². The summed E-state index contributed by atoms with van der Waals surface area (Å²) in [6.45, 7) is 10.8. The fourth-order valence-electron chi connectivity index (χ4n) is 2.77. The lowest BCUT2D eigenvalue weighted by Gasteiger charge is -2.26. The molecule has 0 aliphatic rings. The average Bonchev–Trinajstić information content (AvgIpc) is 2.30. The van der Waals surface area contributed by atoms with Gasteiger partial charge in [-0.15, -0.1) is 6.58 Å². The zero-order chi connectivity index (χ0) is 12.2. The van der Waals surface area contributed by atoms with Gasteiger partial charge < -0.3 is 0 Å². The molecule has 0 spiro atoms. The highest BCUT2D eigenvalue weighted by atomic mass is 14.2. The normalized spacial score (nSPS) is 14.7. The van der Waals surface area contributed by atoms with Crippen molar-refractivity contribution in [1.29, 1.82) is 0 Å². The fourth-order valence-corrected chi connectivity index (χ4v) is 2.77. The number of rotatable bonds is 11. The lowest BCUT2D eigenvalue weighted by Crippen LogP contribution is -2.15. The molecule has 16 heavy (non-hydrogen) atoms. The maximum absolute atomic E-state index is 3.86. The Balaban J connectivity index is 4.19. The van der Waals surface area contributed by atoms with Crippen LogP contribution in [0.3, 0.4) is 0 Å². The number of hydrogen-bond donors (Lipinski definition) is 0. The van der Waals surface area contributed by atoms with Gasteiger partial charge in [-0.25, -0.2) is 0 Å². The van der Waals surface area contributed by atoms with Crippen molar-refractivity contribution in [2.75, 3.05) is 0 Å². The molecule has 0 heteroatoms. The van der Waals surface area contributed by atoms with Gasteiger partial charge >= 0.3 is 0 Å². The Morgan fingerprint density at radius 2 is 1.38 bits per heavy atom. The molecule has 0 aromatic heterocycles. The highest BCUT2D eigenvalue weighted by Crippen LogP contribution is 2.30. The third-order valence-corrected chi connectivity index (χ3v) is 3.66. The lowest BCUT2D eigenvalue weighted by atomic mass is 9.79. The Kier molecular flexibility index (Phi) is 11.0. The standard InChI is InChI=1S/C16H32/c1-5-9-13-15(11-7-3)16(12-8-4)14-10-6-2/h5,15-16H,1,6-14H2,2-4H3. The molecule has 0 rings (SSSR count). The molecule has 0 aliphatic carbocycles. The van der Waals surface area contributed by atoms with Crippen LogP contribution in [0.25, 0.3) is 0 Å².